The van der Waals surface area contributed by atoms with E-state index in [-0.39, 0.29) is 0 Å². The van der Waals surface area contributed by atoms with Gasteiger partial charge in [0.05, 0.1) is 5.69 Å². The van der Waals surface area contributed by atoms with E-state index >= 15 is 0 Å². The standard InChI is InChI=1S/C15H28N2O/c1-3-4-5-6-7-8-9-10-11-12-14-13(2)15(16)18-17-14/h3-12,16H2,1-2H3. The summed E-state index contributed by atoms with van der Waals surface area (Å²) in [5.74, 6) is 0.473. The predicted molar refractivity (Wildman–Crippen MR) is 76.6 cm³/mol. The van der Waals surface area contributed by atoms with Gasteiger partial charge in [-0.1, -0.05) is 63.4 Å². The first-order chi connectivity index (χ1) is 8.75. The largest absolute Gasteiger partial charge is 0.367 e. The van der Waals surface area contributed by atoms with E-state index < -0.39 is 0 Å². The van der Waals surface area contributed by atoms with Gasteiger partial charge in [-0.3, -0.25) is 0 Å². The van der Waals surface area contributed by atoms with Gasteiger partial charge in [-0.25, -0.2) is 0 Å². The Balaban J connectivity index is 1.94. The first kappa shape index (κ1) is 15.1. The van der Waals surface area contributed by atoms with Gasteiger partial charge < -0.3 is 10.3 Å². The Bertz CT molecular complexity index is 320. The van der Waals surface area contributed by atoms with E-state index in [2.05, 4.69) is 12.1 Å². The summed E-state index contributed by atoms with van der Waals surface area (Å²) in [6.07, 6.45) is 13.2. The number of anilines is 1. The molecular formula is C15H28N2O. The molecule has 1 heterocycles. The molecule has 0 bridgehead atoms. The van der Waals surface area contributed by atoms with Crippen LogP contribution in [0.4, 0.5) is 5.88 Å². The number of hydrogen-bond donors (Lipinski definition) is 1. The average Bonchev–Trinajstić information content (AvgIpc) is 2.68. The molecule has 0 saturated carbocycles. The van der Waals surface area contributed by atoms with E-state index in [4.69, 9.17) is 10.3 Å². The number of unbranched alkanes of at least 4 members (excludes halogenated alkanes) is 8. The van der Waals surface area contributed by atoms with Gasteiger partial charge in [0.25, 0.3) is 0 Å². The molecule has 2 N–H and O–H groups in total. The van der Waals surface area contributed by atoms with Crippen LogP contribution in [0.5, 0.6) is 0 Å². The summed E-state index contributed by atoms with van der Waals surface area (Å²) in [4.78, 5) is 0. The van der Waals surface area contributed by atoms with Crippen LogP contribution >= 0.6 is 0 Å². The SMILES string of the molecule is CCCCCCCCCCCc1noc(N)c1C. The Labute approximate surface area is 111 Å². The van der Waals surface area contributed by atoms with E-state index in [1.807, 2.05) is 6.92 Å². The second kappa shape index (κ2) is 9.01. The van der Waals surface area contributed by atoms with E-state index in [0.717, 1.165) is 17.7 Å². The molecule has 0 spiro atoms. The number of aromatic nitrogens is 1. The highest BCUT2D eigenvalue weighted by Gasteiger charge is 2.07. The highest BCUT2D eigenvalue weighted by atomic mass is 16.5. The first-order valence-electron chi connectivity index (χ1n) is 7.46. The number of aryl methyl sites for hydroxylation is 1. The molecule has 3 nitrogen and oxygen atoms in total. The summed E-state index contributed by atoms with van der Waals surface area (Å²) in [5, 5.41) is 3.98. The maximum Gasteiger partial charge on any atom is 0.225 e. The minimum Gasteiger partial charge on any atom is -0.367 e. The Hall–Kier alpha value is -0.990. The van der Waals surface area contributed by atoms with E-state index in [1.165, 1.54) is 57.8 Å². The van der Waals surface area contributed by atoms with Crippen LogP contribution in [0.2, 0.25) is 0 Å². The fraction of sp³-hybridized carbons (Fsp3) is 0.800. The lowest BCUT2D eigenvalue weighted by atomic mass is 10.0. The van der Waals surface area contributed by atoms with Crippen LogP contribution < -0.4 is 5.73 Å². The molecule has 3 heteroatoms. The average molecular weight is 252 g/mol. The molecule has 18 heavy (non-hydrogen) atoms. The lowest BCUT2D eigenvalue weighted by Crippen LogP contribution is -1.90. The van der Waals surface area contributed by atoms with Crippen molar-refractivity contribution in [2.45, 2.75) is 78.1 Å². The maximum atomic E-state index is 5.62. The summed E-state index contributed by atoms with van der Waals surface area (Å²) < 4.78 is 4.96. The molecule has 1 aromatic heterocycles. The van der Waals surface area contributed by atoms with Crippen LogP contribution in [0.1, 0.15) is 76.0 Å². The molecule has 0 unspecified atom stereocenters. The molecule has 1 aromatic rings. The maximum absolute atomic E-state index is 5.62. The number of nitrogen functional groups attached to an aromatic ring is 1. The molecule has 0 fully saturated rings. The lowest BCUT2D eigenvalue weighted by Gasteiger charge is -2.01. The van der Waals surface area contributed by atoms with Crippen LogP contribution in [0.15, 0.2) is 4.52 Å². The van der Waals surface area contributed by atoms with Gasteiger partial charge in [0.1, 0.15) is 0 Å². The number of hydrogen-bond acceptors (Lipinski definition) is 3. The molecular weight excluding hydrogens is 224 g/mol. The molecule has 104 valence electrons. The second-order valence-electron chi connectivity index (χ2n) is 5.20. The van der Waals surface area contributed by atoms with Crippen molar-refractivity contribution >= 4 is 5.88 Å². The molecule has 0 aliphatic rings. The fourth-order valence-electron chi connectivity index (χ4n) is 2.22. The van der Waals surface area contributed by atoms with Gasteiger partial charge in [0.2, 0.25) is 5.88 Å². The third-order valence-electron chi connectivity index (χ3n) is 3.57. The number of rotatable bonds is 10. The summed E-state index contributed by atoms with van der Waals surface area (Å²) in [6, 6.07) is 0. The predicted octanol–water partition coefficient (Wildman–Crippen LogP) is 4.64. The first-order valence-corrected chi connectivity index (χ1v) is 7.46. The van der Waals surface area contributed by atoms with Crippen molar-refractivity contribution in [3.8, 4) is 0 Å². The number of nitrogens with two attached hydrogens (primary N) is 1. The number of nitrogens with zero attached hydrogens (tertiary/aromatic N) is 1. The fourth-order valence-corrected chi connectivity index (χ4v) is 2.22. The van der Waals surface area contributed by atoms with Crippen LogP contribution in [-0.4, -0.2) is 5.16 Å². The zero-order chi connectivity index (χ0) is 13.2. The smallest absolute Gasteiger partial charge is 0.225 e. The van der Waals surface area contributed by atoms with Gasteiger partial charge in [-0.2, -0.15) is 0 Å². The summed E-state index contributed by atoms with van der Waals surface area (Å²) in [6.45, 7) is 4.24. The van der Waals surface area contributed by atoms with Crippen molar-refractivity contribution < 1.29 is 4.52 Å². The minimum absolute atomic E-state index is 0.473. The monoisotopic (exact) mass is 252 g/mol. The van der Waals surface area contributed by atoms with Crippen molar-refractivity contribution in [2.75, 3.05) is 5.73 Å². The van der Waals surface area contributed by atoms with Gasteiger partial charge in [0, 0.05) is 5.56 Å². The highest BCUT2D eigenvalue weighted by Crippen LogP contribution is 2.17. The van der Waals surface area contributed by atoms with Crippen molar-refractivity contribution in [3.63, 3.8) is 0 Å². The topological polar surface area (TPSA) is 52.0 Å². The zero-order valence-corrected chi connectivity index (χ0v) is 12.0. The normalized spacial score (nSPS) is 11.0. The lowest BCUT2D eigenvalue weighted by molar-refractivity contribution is 0.425. The van der Waals surface area contributed by atoms with Gasteiger partial charge >= 0.3 is 0 Å². The Kier molecular flexibility index (Phi) is 7.54. The van der Waals surface area contributed by atoms with Crippen molar-refractivity contribution in [3.05, 3.63) is 11.3 Å². The summed E-state index contributed by atoms with van der Waals surface area (Å²) in [7, 11) is 0. The van der Waals surface area contributed by atoms with Gasteiger partial charge in [0.15, 0.2) is 0 Å². The van der Waals surface area contributed by atoms with E-state index in [1.54, 1.807) is 0 Å². The second-order valence-corrected chi connectivity index (χ2v) is 5.20. The summed E-state index contributed by atoms with van der Waals surface area (Å²) in [5.41, 5.74) is 7.68. The van der Waals surface area contributed by atoms with Crippen LogP contribution in [-0.2, 0) is 6.42 Å². The molecule has 0 radical (unpaired) electrons. The van der Waals surface area contributed by atoms with Crippen molar-refractivity contribution in [1.82, 2.24) is 5.16 Å². The van der Waals surface area contributed by atoms with Gasteiger partial charge in [-0.05, 0) is 19.8 Å². The summed E-state index contributed by atoms with van der Waals surface area (Å²) >= 11 is 0. The molecule has 0 aliphatic carbocycles. The molecule has 0 amide bonds. The zero-order valence-electron chi connectivity index (χ0n) is 12.0. The third kappa shape index (κ3) is 5.56. The van der Waals surface area contributed by atoms with Gasteiger partial charge in [-0.15, -0.1) is 0 Å². The van der Waals surface area contributed by atoms with Crippen molar-refractivity contribution in [2.24, 2.45) is 0 Å². The Morgan fingerprint density at radius 1 is 0.944 bits per heavy atom. The van der Waals surface area contributed by atoms with Crippen LogP contribution in [0.3, 0.4) is 0 Å². The molecule has 0 saturated heterocycles. The van der Waals surface area contributed by atoms with E-state index in [0.29, 0.717) is 5.88 Å². The quantitative estimate of drug-likeness (QED) is 0.617. The van der Waals surface area contributed by atoms with Crippen molar-refractivity contribution in [1.29, 1.82) is 0 Å². The highest BCUT2D eigenvalue weighted by molar-refractivity contribution is 5.37. The third-order valence-corrected chi connectivity index (χ3v) is 3.57. The Morgan fingerprint density at radius 2 is 1.50 bits per heavy atom. The molecule has 0 atom stereocenters. The van der Waals surface area contributed by atoms with E-state index in [9.17, 15) is 0 Å². The molecule has 1 rings (SSSR count). The van der Waals surface area contributed by atoms with Crippen LogP contribution in [0, 0.1) is 6.92 Å². The molecule has 0 aliphatic heterocycles. The Morgan fingerprint density at radius 3 is 2.00 bits per heavy atom. The molecule has 0 aromatic carbocycles. The minimum atomic E-state index is 0.473. The van der Waals surface area contributed by atoms with Crippen LogP contribution in [0.25, 0.3) is 0 Å².